The molecule has 0 atom stereocenters. The van der Waals surface area contributed by atoms with Gasteiger partial charge in [0.15, 0.2) is 11.4 Å². The highest BCUT2D eigenvalue weighted by Gasteiger charge is 2.21. The number of benzene rings is 3. The Morgan fingerprint density at radius 3 is 2.38 bits per heavy atom. The lowest BCUT2D eigenvalue weighted by Crippen LogP contribution is -1.98. The van der Waals surface area contributed by atoms with E-state index in [1.54, 1.807) is 0 Å². The molecule has 0 saturated heterocycles. The van der Waals surface area contributed by atoms with Crippen molar-refractivity contribution in [3.05, 3.63) is 85.1 Å². The van der Waals surface area contributed by atoms with Crippen LogP contribution in [0.25, 0.3) is 55.6 Å². The van der Waals surface area contributed by atoms with Crippen molar-refractivity contribution >= 4 is 49.8 Å². The number of furan rings is 1. The molecule has 0 aliphatic heterocycles. The predicted molar refractivity (Wildman–Crippen MR) is 115 cm³/mol. The standard InChI is InChI=1S/C24H14N4O/c1-6-12-21-15(7-1)16-13-14-25-23(22(16)29-21)28-20-11-5-4-10-19(20)27-18-9-3-2-8-17(18)26-24(27)28/h1-14H. The molecule has 4 aromatic heterocycles. The monoisotopic (exact) mass is 374 g/mol. The molecular formula is C24H14N4O. The maximum Gasteiger partial charge on any atom is 0.222 e. The van der Waals surface area contributed by atoms with E-state index in [1.807, 2.05) is 54.7 Å². The van der Waals surface area contributed by atoms with E-state index in [1.165, 1.54) is 0 Å². The van der Waals surface area contributed by atoms with Crippen LogP contribution in [0.1, 0.15) is 0 Å². The second-order valence-electron chi connectivity index (χ2n) is 7.17. The van der Waals surface area contributed by atoms with Gasteiger partial charge in [-0.1, -0.05) is 42.5 Å². The maximum absolute atomic E-state index is 6.26. The molecule has 5 nitrogen and oxygen atoms in total. The summed E-state index contributed by atoms with van der Waals surface area (Å²) >= 11 is 0. The van der Waals surface area contributed by atoms with Gasteiger partial charge in [0, 0.05) is 17.0 Å². The first-order valence-corrected chi connectivity index (χ1v) is 9.53. The van der Waals surface area contributed by atoms with Crippen molar-refractivity contribution in [2.75, 3.05) is 0 Å². The van der Waals surface area contributed by atoms with Crippen LogP contribution in [0.5, 0.6) is 0 Å². The van der Waals surface area contributed by atoms with Gasteiger partial charge in [-0.2, -0.15) is 0 Å². The summed E-state index contributed by atoms with van der Waals surface area (Å²) < 4.78 is 10.5. The first kappa shape index (κ1) is 14.9. The number of aromatic nitrogens is 4. The Balaban J connectivity index is 1.72. The Labute approximate surface area is 164 Å². The zero-order chi connectivity index (χ0) is 18.9. The summed E-state index contributed by atoms with van der Waals surface area (Å²) in [6, 6.07) is 26.6. The number of pyridine rings is 1. The smallest absolute Gasteiger partial charge is 0.222 e. The highest BCUT2D eigenvalue weighted by molar-refractivity contribution is 6.07. The minimum Gasteiger partial charge on any atom is -0.452 e. The largest absolute Gasteiger partial charge is 0.452 e. The fraction of sp³-hybridized carbons (Fsp3) is 0. The second-order valence-corrected chi connectivity index (χ2v) is 7.17. The van der Waals surface area contributed by atoms with Crippen LogP contribution in [0.3, 0.4) is 0 Å². The number of hydrogen-bond donors (Lipinski definition) is 0. The summed E-state index contributed by atoms with van der Waals surface area (Å²) in [7, 11) is 0. The normalized spacial score (nSPS) is 12.1. The quantitative estimate of drug-likeness (QED) is 0.369. The number of nitrogens with zero attached hydrogens (tertiary/aromatic N) is 4. The van der Waals surface area contributed by atoms with E-state index in [9.17, 15) is 0 Å². The van der Waals surface area contributed by atoms with Gasteiger partial charge in [-0.05, 0) is 36.4 Å². The third kappa shape index (κ3) is 1.84. The number of fused-ring (bicyclic) bond motifs is 8. The molecule has 0 spiro atoms. The topological polar surface area (TPSA) is 48.3 Å². The Hall–Kier alpha value is -4.12. The molecule has 0 aliphatic carbocycles. The van der Waals surface area contributed by atoms with Gasteiger partial charge in [-0.3, -0.25) is 8.97 Å². The number of rotatable bonds is 1. The van der Waals surface area contributed by atoms with Crippen LogP contribution in [0.4, 0.5) is 0 Å². The van der Waals surface area contributed by atoms with Gasteiger partial charge in [0.25, 0.3) is 0 Å². The zero-order valence-corrected chi connectivity index (χ0v) is 15.3. The summed E-state index contributed by atoms with van der Waals surface area (Å²) in [5.74, 6) is 1.58. The molecule has 0 bridgehead atoms. The molecule has 4 heterocycles. The molecule has 0 amide bonds. The maximum atomic E-state index is 6.26. The lowest BCUT2D eigenvalue weighted by Gasteiger charge is -2.04. The SMILES string of the molecule is c1ccc2c(c1)nc1n(-c3nccc4c3oc3ccccc34)c3ccccc3n21. The van der Waals surface area contributed by atoms with E-state index >= 15 is 0 Å². The summed E-state index contributed by atoms with van der Waals surface area (Å²) in [4.78, 5) is 9.66. The van der Waals surface area contributed by atoms with Gasteiger partial charge < -0.3 is 4.42 Å². The van der Waals surface area contributed by atoms with Crippen LogP contribution in [0, 0.1) is 0 Å². The zero-order valence-electron chi connectivity index (χ0n) is 15.3. The van der Waals surface area contributed by atoms with Crippen LogP contribution >= 0.6 is 0 Å². The summed E-state index contributed by atoms with van der Waals surface area (Å²) in [5, 5.41) is 2.14. The molecule has 5 heteroatoms. The lowest BCUT2D eigenvalue weighted by atomic mass is 10.2. The summed E-state index contributed by atoms with van der Waals surface area (Å²) in [6.07, 6.45) is 1.84. The van der Waals surface area contributed by atoms with Gasteiger partial charge in [-0.25, -0.2) is 9.97 Å². The van der Waals surface area contributed by atoms with Crippen LogP contribution in [-0.4, -0.2) is 18.9 Å². The molecule has 7 aromatic rings. The van der Waals surface area contributed by atoms with Gasteiger partial charge in [-0.15, -0.1) is 0 Å². The minimum atomic E-state index is 0.750. The second kappa shape index (κ2) is 5.23. The van der Waals surface area contributed by atoms with Crippen LogP contribution in [0.15, 0.2) is 89.5 Å². The van der Waals surface area contributed by atoms with Gasteiger partial charge in [0.1, 0.15) is 5.58 Å². The Morgan fingerprint density at radius 1 is 0.690 bits per heavy atom. The summed E-state index contributed by atoms with van der Waals surface area (Å²) in [5.41, 5.74) is 5.79. The van der Waals surface area contributed by atoms with E-state index in [0.29, 0.717) is 0 Å². The van der Waals surface area contributed by atoms with E-state index in [2.05, 4.69) is 39.3 Å². The van der Waals surface area contributed by atoms with Crippen molar-refractivity contribution in [1.82, 2.24) is 18.9 Å². The van der Waals surface area contributed by atoms with Crippen molar-refractivity contribution in [2.24, 2.45) is 0 Å². The average Bonchev–Trinajstić information content (AvgIpc) is 3.42. The van der Waals surface area contributed by atoms with Crippen molar-refractivity contribution in [3.8, 4) is 5.82 Å². The molecule has 0 aliphatic rings. The first-order valence-electron chi connectivity index (χ1n) is 9.53. The van der Waals surface area contributed by atoms with E-state index in [4.69, 9.17) is 14.4 Å². The molecule has 0 saturated carbocycles. The fourth-order valence-electron chi connectivity index (χ4n) is 4.36. The number of imidazole rings is 2. The molecule has 0 fully saturated rings. The van der Waals surface area contributed by atoms with Crippen molar-refractivity contribution in [1.29, 1.82) is 0 Å². The molecule has 29 heavy (non-hydrogen) atoms. The van der Waals surface area contributed by atoms with Gasteiger partial charge in [0.05, 0.1) is 22.1 Å². The van der Waals surface area contributed by atoms with E-state index < -0.39 is 0 Å². The molecule has 7 rings (SSSR count). The first-order chi connectivity index (χ1) is 14.4. The molecule has 3 aromatic carbocycles. The summed E-state index contributed by atoms with van der Waals surface area (Å²) in [6.45, 7) is 0. The Bertz CT molecular complexity index is 1720. The van der Waals surface area contributed by atoms with Gasteiger partial charge in [0.2, 0.25) is 5.78 Å². The average molecular weight is 374 g/mol. The molecule has 0 N–H and O–H groups in total. The third-order valence-electron chi connectivity index (χ3n) is 5.59. The van der Waals surface area contributed by atoms with Gasteiger partial charge >= 0.3 is 0 Å². The van der Waals surface area contributed by atoms with E-state index in [-0.39, 0.29) is 0 Å². The van der Waals surface area contributed by atoms with Crippen molar-refractivity contribution in [3.63, 3.8) is 0 Å². The molecule has 0 radical (unpaired) electrons. The van der Waals surface area contributed by atoms with Crippen molar-refractivity contribution < 1.29 is 4.42 Å². The lowest BCUT2D eigenvalue weighted by molar-refractivity contribution is 0.663. The van der Waals surface area contributed by atoms with Crippen LogP contribution in [0.2, 0.25) is 0 Å². The Morgan fingerprint density at radius 2 is 1.45 bits per heavy atom. The molecular weight excluding hydrogens is 360 g/mol. The van der Waals surface area contributed by atoms with Crippen LogP contribution in [-0.2, 0) is 0 Å². The van der Waals surface area contributed by atoms with Crippen LogP contribution < -0.4 is 0 Å². The third-order valence-corrected chi connectivity index (χ3v) is 5.59. The molecule has 0 unspecified atom stereocenters. The van der Waals surface area contributed by atoms with Crippen molar-refractivity contribution in [2.45, 2.75) is 0 Å². The highest BCUT2D eigenvalue weighted by Crippen LogP contribution is 2.35. The van der Waals surface area contributed by atoms with E-state index in [0.717, 1.165) is 55.6 Å². The minimum absolute atomic E-state index is 0.750. The predicted octanol–water partition coefficient (Wildman–Crippen LogP) is 5.73. The number of para-hydroxylation sites is 5. The molecule has 136 valence electrons. The fourth-order valence-corrected chi connectivity index (χ4v) is 4.36. The Kier molecular flexibility index (Phi) is 2.68. The number of hydrogen-bond acceptors (Lipinski definition) is 3. The highest BCUT2D eigenvalue weighted by atomic mass is 16.3.